The first-order chi connectivity index (χ1) is 6.15. The van der Waals surface area contributed by atoms with Crippen molar-refractivity contribution in [3.05, 3.63) is 0 Å². The molecule has 3 heteroatoms. The van der Waals surface area contributed by atoms with Gasteiger partial charge in [0.2, 0.25) is 0 Å². The lowest BCUT2D eigenvalue weighted by atomic mass is 9.88. The summed E-state index contributed by atoms with van der Waals surface area (Å²) in [5.74, 6) is 0.816. The molecule has 1 N–H and O–H groups in total. The second-order valence-electron chi connectivity index (χ2n) is 4.02. The number of ketones is 1. The van der Waals surface area contributed by atoms with Crippen molar-refractivity contribution >= 4 is 5.78 Å². The van der Waals surface area contributed by atoms with Gasteiger partial charge in [0, 0.05) is 0 Å². The lowest BCUT2D eigenvalue weighted by Crippen LogP contribution is -2.44. The Balaban J connectivity index is 2.46. The summed E-state index contributed by atoms with van der Waals surface area (Å²) in [5.41, 5.74) is 0. The van der Waals surface area contributed by atoms with E-state index in [1.807, 2.05) is 7.05 Å². The van der Waals surface area contributed by atoms with Crippen molar-refractivity contribution in [1.29, 1.82) is 0 Å². The lowest BCUT2D eigenvalue weighted by molar-refractivity contribution is -0.120. The largest absolute Gasteiger partial charge is 0.310 e. The Bertz CT molecular complexity index is 174. The van der Waals surface area contributed by atoms with Crippen molar-refractivity contribution in [2.45, 2.75) is 25.8 Å². The molecular weight excluding hydrogens is 164 g/mol. The maximum absolute atomic E-state index is 11.3. The summed E-state index contributed by atoms with van der Waals surface area (Å²) in [6, 6.07) is 0.0775. The third-order valence-corrected chi connectivity index (χ3v) is 2.98. The van der Waals surface area contributed by atoms with E-state index in [4.69, 9.17) is 0 Å². The van der Waals surface area contributed by atoms with Crippen LogP contribution in [0, 0.1) is 5.92 Å². The summed E-state index contributed by atoms with van der Waals surface area (Å²) >= 11 is 0. The molecule has 13 heavy (non-hydrogen) atoms. The number of Topliss-reactive ketones (excluding diaryl/α,β-unsaturated/α-hetero) is 1. The van der Waals surface area contributed by atoms with Gasteiger partial charge < -0.3 is 10.2 Å². The molecule has 3 nitrogen and oxygen atoms in total. The van der Waals surface area contributed by atoms with Crippen LogP contribution in [0.5, 0.6) is 0 Å². The van der Waals surface area contributed by atoms with E-state index in [2.05, 4.69) is 17.3 Å². The predicted octanol–water partition coefficient (Wildman–Crippen LogP) is 0.505. The van der Waals surface area contributed by atoms with Gasteiger partial charge in [-0.2, -0.15) is 0 Å². The van der Waals surface area contributed by atoms with Crippen molar-refractivity contribution in [3.8, 4) is 0 Å². The smallest absolute Gasteiger partial charge is 0.146 e. The second kappa shape index (κ2) is 4.72. The van der Waals surface area contributed by atoms with Crippen molar-refractivity contribution in [2.75, 3.05) is 27.2 Å². The summed E-state index contributed by atoms with van der Waals surface area (Å²) in [6.45, 7) is 3.92. The van der Waals surface area contributed by atoms with Gasteiger partial charge in [0.05, 0.1) is 6.04 Å². The molecule has 0 radical (unpaired) electrons. The number of nitrogens with zero attached hydrogens (tertiary/aromatic N) is 1. The number of rotatable bonds is 3. The first-order valence-corrected chi connectivity index (χ1v) is 5.01. The van der Waals surface area contributed by atoms with Crippen molar-refractivity contribution in [3.63, 3.8) is 0 Å². The molecule has 0 amide bonds. The number of carbonyl (C=O) groups excluding carboxylic acids is 1. The number of hydrogen-bond acceptors (Lipinski definition) is 3. The first-order valence-electron chi connectivity index (χ1n) is 5.01. The van der Waals surface area contributed by atoms with Gasteiger partial charge in [0.15, 0.2) is 0 Å². The molecule has 1 rings (SSSR count). The Labute approximate surface area is 80.5 Å². The SMILES string of the molecule is CNC(C(C)=O)C1CCN(C)CC1. The monoisotopic (exact) mass is 184 g/mol. The van der Waals surface area contributed by atoms with Crippen LogP contribution in [0.3, 0.4) is 0 Å². The number of hydrogen-bond donors (Lipinski definition) is 1. The summed E-state index contributed by atoms with van der Waals surface area (Å²) < 4.78 is 0. The van der Waals surface area contributed by atoms with Crippen LogP contribution in [0.25, 0.3) is 0 Å². The van der Waals surface area contributed by atoms with Crippen LogP contribution < -0.4 is 5.32 Å². The summed E-state index contributed by atoms with van der Waals surface area (Å²) in [6.07, 6.45) is 2.28. The maximum atomic E-state index is 11.3. The minimum Gasteiger partial charge on any atom is -0.310 e. The van der Waals surface area contributed by atoms with E-state index >= 15 is 0 Å². The van der Waals surface area contributed by atoms with E-state index in [1.54, 1.807) is 6.92 Å². The molecule has 0 aromatic carbocycles. The molecule has 76 valence electrons. The highest BCUT2D eigenvalue weighted by Crippen LogP contribution is 2.19. The van der Waals surface area contributed by atoms with Crippen molar-refractivity contribution in [2.24, 2.45) is 5.92 Å². The van der Waals surface area contributed by atoms with Crippen LogP contribution in [0.1, 0.15) is 19.8 Å². The van der Waals surface area contributed by atoms with Crippen LogP contribution in [0.4, 0.5) is 0 Å². The molecule has 0 saturated carbocycles. The van der Waals surface area contributed by atoms with Gasteiger partial charge in [0.25, 0.3) is 0 Å². The normalized spacial score (nSPS) is 23.0. The summed E-state index contributed by atoms with van der Waals surface area (Å²) in [5, 5.41) is 3.12. The third-order valence-electron chi connectivity index (χ3n) is 2.98. The number of nitrogens with one attached hydrogen (secondary N) is 1. The minimum absolute atomic E-state index is 0.0775. The molecule has 0 aliphatic carbocycles. The number of likely N-dealkylation sites (tertiary alicyclic amines) is 1. The maximum Gasteiger partial charge on any atom is 0.146 e. The molecule has 1 unspecified atom stereocenters. The van der Waals surface area contributed by atoms with E-state index < -0.39 is 0 Å². The molecule has 0 aromatic rings. The highest BCUT2D eigenvalue weighted by molar-refractivity contribution is 5.81. The van der Waals surface area contributed by atoms with Gasteiger partial charge in [-0.25, -0.2) is 0 Å². The van der Waals surface area contributed by atoms with E-state index in [1.165, 1.54) is 0 Å². The third kappa shape index (κ3) is 2.78. The van der Waals surface area contributed by atoms with Crippen LogP contribution >= 0.6 is 0 Å². The van der Waals surface area contributed by atoms with E-state index in [0.717, 1.165) is 25.9 Å². The van der Waals surface area contributed by atoms with Gasteiger partial charge in [-0.05, 0) is 52.9 Å². The molecule has 1 atom stereocenters. The zero-order valence-corrected chi connectivity index (χ0v) is 8.84. The molecule has 1 saturated heterocycles. The molecule has 1 heterocycles. The van der Waals surface area contributed by atoms with Gasteiger partial charge in [-0.1, -0.05) is 0 Å². The predicted molar refractivity (Wildman–Crippen MR) is 53.7 cm³/mol. The highest BCUT2D eigenvalue weighted by Gasteiger charge is 2.26. The Hall–Kier alpha value is -0.410. The standard InChI is InChI=1S/C10H20N2O/c1-8(13)10(11-2)9-4-6-12(3)7-5-9/h9-11H,4-7H2,1-3H3. The quantitative estimate of drug-likeness (QED) is 0.693. The zero-order chi connectivity index (χ0) is 9.84. The first kappa shape index (κ1) is 10.7. The van der Waals surface area contributed by atoms with Crippen LogP contribution in [0.2, 0.25) is 0 Å². The van der Waals surface area contributed by atoms with Crippen molar-refractivity contribution in [1.82, 2.24) is 10.2 Å². The van der Waals surface area contributed by atoms with Crippen LogP contribution in [-0.2, 0) is 4.79 Å². The zero-order valence-electron chi connectivity index (χ0n) is 8.84. The average Bonchev–Trinajstić information content (AvgIpc) is 2.09. The van der Waals surface area contributed by atoms with Crippen LogP contribution in [-0.4, -0.2) is 43.9 Å². The second-order valence-corrected chi connectivity index (χ2v) is 4.02. The fourth-order valence-corrected chi connectivity index (χ4v) is 2.13. The Morgan fingerprint density at radius 2 is 2.00 bits per heavy atom. The van der Waals surface area contributed by atoms with Crippen LogP contribution in [0.15, 0.2) is 0 Å². The highest BCUT2D eigenvalue weighted by atomic mass is 16.1. The van der Waals surface area contributed by atoms with Gasteiger partial charge >= 0.3 is 0 Å². The molecule has 0 spiro atoms. The van der Waals surface area contributed by atoms with Crippen molar-refractivity contribution < 1.29 is 4.79 Å². The Morgan fingerprint density at radius 3 is 2.38 bits per heavy atom. The van der Waals surface area contributed by atoms with Gasteiger partial charge in [-0.3, -0.25) is 4.79 Å². The fraction of sp³-hybridized carbons (Fsp3) is 0.900. The molecule has 1 fully saturated rings. The van der Waals surface area contributed by atoms with E-state index in [-0.39, 0.29) is 11.8 Å². The van der Waals surface area contributed by atoms with Gasteiger partial charge in [0.1, 0.15) is 5.78 Å². The summed E-state index contributed by atoms with van der Waals surface area (Å²) in [4.78, 5) is 13.6. The summed E-state index contributed by atoms with van der Waals surface area (Å²) in [7, 11) is 4.02. The average molecular weight is 184 g/mol. The van der Waals surface area contributed by atoms with Gasteiger partial charge in [-0.15, -0.1) is 0 Å². The number of likely N-dealkylation sites (N-methyl/N-ethyl adjacent to an activating group) is 1. The topological polar surface area (TPSA) is 32.3 Å². The Kier molecular flexibility index (Phi) is 3.88. The molecule has 0 aromatic heterocycles. The number of carbonyl (C=O) groups is 1. The molecule has 1 aliphatic rings. The molecule has 0 bridgehead atoms. The fourth-order valence-electron chi connectivity index (χ4n) is 2.13. The lowest BCUT2D eigenvalue weighted by Gasteiger charge is -2.32. The number of piperidine rings is 1. The minimum atomic E-state index is 0.0775. The molecular formula is C10H20N2O. The molecule has 1 aliphatic heterocycles. The Morgan fingerprint density at radius 1 is 1.46 bits per heavy atom. The van der Waals surface area contributed by atoms with E-state index in [0.29, 0.717) is 5.92 Å². The van der Waals surface area contributed by atoms with E-state index in [9.17, 15) is 4.79 Å².